The highest BCUT2D eigenvalue weighted by molar-refractivity contribution is 6.42. The maximum atomic E-state index is 9.80. The van der Waals surface area contributed by atoms with Crippen LogP contribution in [-0.4, -0.2) is 5.11 Å². The van der Waals surface area contributed by atoms with E-state index >= 15 is 0 Å². The molecule has 2 aromatic rings. The van der Waals surface area contributed by atoms with Gasteiger partial charge in [-0.1, -0.05) is 53.0 Å². The van der Waals surface area contributed by atoms with Crippen molar-refractivity contribution in [1.82, 2.24) is 0 Å². The van der Waals surface area contributed by atoms with Crippen molar-refractivity contribution in [3.8, 4) is 16.9 Å². The smallest absolute Gasteiger partial charge is 0.141 e. The fraction of sp³-hybridized carbons (Fsp3) is 0. The molecule has 0 atom stereocenters. The first kappa shape index (κ1) is 11.6. The zero-order valence-electron chi connectivity index (χ0n) is 8.05. The van der Waals surface area contributed by atoms with Crippen LogP contribution >= 0.6 is 34.8 Å². The highest BCUT2D eigenvalue weighted by atomic mass is 35.5. The quantitative estimate of drug-likeness (QED) is 0.773. The van der Waals surface area contributed by atoms with E-state index in [1.165, 1.54) is 0 Å². The first-order valence-electron chi connectivity index (χ1n) is 4.52. The molecule has 0 unspecified atom stereocenters. The summed E-state index contributed by atoms with van der Waals surface area (Å²) in [7, 11) is 0. The van der Waals surface area contributed by atoms with Crippen molar-refractivity contribution in [2.24, 2.45) is 0 Å². The molecule has 2 aromatic carbocycles. The van der Waals surface area contributed by atoms with Crippen LogP contribution in [0.1, 0.15) is 0 Å². The predicted molar refractivity (Wildman–Crippen MR) is 68.6 cm³/mol. The molecular weight excluding hydrogens is 266 g/mol. The lowest BCUT2D eigenvalue weighted by molar-refractivity contribution is 0.477. The van der Waals surface area contributed by atoms with Crippen LogP contribution in [0.4, 0.5) is 0 Å². The van der Waals surface area contributed by atoms with E-state index in [2.05, 4.69) is 0 Å². The van der Waals surface area contributed by atoms with Crippen molar-refractivity contribution >= 4 is 34.8 Å². The van der Waals surface area contributed by atoms with Gasteiger partial charge in [-0.3, -0.25) is 0 Å². The van der Waals surface area contributed by atoms with Gasteiger partial charge < -0.3 is 5.11 Å². The second kappa shape index (κ2) is 4.54. The second-order valence-electron chi connectivity index (χ2n) is 3.26. The minimum Gasteiger partial charge on any atom is -0.506 e. The van der Waals surface area contributed by atoms with Crippen LogP contribution in [0.25, 0.3) is 11.1 Å². The van der Waals surface area contributed by atoms with Crippen molar-refractivity contribution in [2.45, 2.75) is 0 Å². The number of para-hydroxylation sites is 1. The molecule has 0 aliphatic carbocycles. The SMILES string of the molecule is Oc1c(Cl)cccc1-c1ccc(Cl)c(Cl)c1. The summed E-state index contributed by atoms with van der Waals surface area (Å²) in [6.07, 6.45) is 0. The summed E-state index contributed by atoms with van der Waals surface area (Å²) in [6, 6.07) is 10.3. The molecule has 0 spiro atoms. The molecule has 1 nitrogen and oxygen atoms in total. The molecule has 0 saturated heterocycles. The molecule has 0 amide bonds. The number of hydrogen-bond donors (Lipinski definition) is 1. The van der Waals surface area contributed by atoms with Crippen LogP contribution in [0.5, 0.6) is 5.75 Å². The van der Waals surface area contributed by atoms with Gasteiger partial charge in [0.2, 0.25) is 0 Å². The first-order chi connectivity index (χ1) is 7.59. The van der Waals surface area contributed by atoms with Gasteiger partial charge in [-0.15, -0.1) is 0 Å². The van der Waals surface area contributed by atoms with E-state index in [0.717, 1.165) is 5.56 Å². The Morgan fingerprint density at radius 3 is 2.25 bits per heavy atom. The first-order valence-corrected chi connectivity index (χ1v) is 5.66. The van der Waals surface area contributed by atoms with Crippen LogP contribution in [0.15, 0.2) is 36.4 Å². The van der Waals surface area contributed by atoms with Gasteiger partial charge in [0.25, 0.3) is 0 Å². The molecule has 82 valence electrons. The Labute approximate surface area is 108 Å². The molecule has 0 fully saturated rings. The minimum atomic E-state index is 0.0440. The largest absolute Gasteiger partial charge is 0.506 e. The Bertz CT molecular complexity index is 538. The van der Waals surface area contributed by atoms with Crippen LogP contribution < -0.4 is 0 Å². The zero-order valence-corrected chi connectivity index (χ0v) is 10.3. The van der Waals surface area contributed by atoms with Crippen molar-refractivity contribution in [2.75, 3.05) is 0 Å². The standard InChI is InChI=1S/C12H7Cl3O/c13-9-5-4-7(6-11(9)15)8-2-1-3-10(14)12(8)16/h1-6,16H. The number of aromatic hydroxyl groups is 1. The van der Waals surface area contributed by atoms with E-state index in [1.54, 1.807) is 36.4 Å². The number of rotatable bonds is 1. The van der Waals surface area contributed by atoms with E-state index in [-0.39, 0.29) is 5.75 Å². The van der Waals surface area contributed by atoms with E-state index in [9.17, 15) is 5.11 Å². The van der Waals surface area contributed by atoms with E-state index < -0.39 is 0 Å². The van der Waals surface area contributed by atoms with Gasteiger partial charge in [0.15, 0.2) is 0 Å². The lowest BCUT2D eigenvalue weighted by Gasteiger charge is -2.07. The molecule has 2 rings (SSSR count). The molecule has 0 aliphatic heterocycles. The van der Waals surface area contributed by atoms with Gasteiger partial charge in [0.05, 0.1) is 15.1 Å². The molecule has 16 heavy (non-hydrogen) atoms. The molecule has 0 radical (unpaired) electrons. The molecule has 0 aromatic heterocycles. The normalized spacial score (nSPS) is 10.4. The topological polar surface area (TPSA) is 20.2 Å². The van der Waals surface area contributed by atoms with Crippen LogP contribution in [0.2, 0.25) is 15.1 Å². The van der Waals surface area contributed by atoms with Gasteiger partial charge in [0, 0.05) is 5.56 Å². The molecule has 0 heterocycles. The second-order valence-corrected chi connectivity index (χ2v) is 4.49. The van der Waals surface area contributed by atoms with Crippen molar-refractivity contribution < 1.29 is 5.11 Å². The third-order valence-corrected chi connectivity index (χ3v) is 3.26. The Hall–Kier alpha value is -0.890. The van der Waals surface area contributed by atoms with E-state index in [0.29, 0.717) is 20.6 Å². The van der Waals surface area contributed by atoms with Gasteiger partial charge in [-0.25, -0.2) is 0 Å². The molecule has 0 aliphatic rings. The summed E-state index contributed by atoms with van der Waals surface area (Å²) in [6.45, 7) is 0. The van der Waals surface area contributed by atoms with Gasteiger partial charge >= 0.3 is 0 Å². The van der Waals surface area contributed by atoms with E-state index in [4.69, 9.17) is 34.8 Å². The number of phenols is 1. The lowest BCUT2D eigenvalue weighted by Crippen LogP contribution is -1.80. The number of phenolic OH excluding ortho intramolecular Hbond substituents is 1. The van der Waals surface area contributed by atoms with Crippen LogP contribution in [-0.2, 0) is 0 Å². The third-order valence-electron chi connectivity index (χ3n) is 2.22. The Balaban J connectivity index is 2.59. The predicted octanol–water partition coefficient (Wildman–Crippen LogP) is 5.02. The lowest BCUT2D eigenvalue weighted by atomic mass is 10.0. The molecule has 1 N–H and O–H groups in total. The average molecular weight is 274 g/mol. The summed E-state index contributed by atoms with van der Waals surface area (Å²) in [5.41, 5.74) is 1.40. The Morgan fingerprint density at radius 2 is 1.56 bits per heavy atom. The highest BCUT2D eigenvalue weighted by Gasteiger charge is 2.08. The van der Waals surface area contributed by atoms with Crippen LogP contribution in [0, 0.1) is 0 Å². The summed E-state index contributed by atoms with van der Waals surface area (Å²) in [4.78, 5) is 0. The Kier molecular flexibility index (Phi) is 3.29. The maximum absolute atomic E-state index is 9.80. The Morgan fingerprint density at radius 1 is 0.812 bits per heavy atom. The molecular formula is C12H7Cl3O. The molecule has 0 saturated carbocycles. The van der Waals surface area contributed by atoms with Crippen molar-refractivity contribution in [1.29, 1.82) is 0 Å². The summed E-state index contributed by atoms with van der Waals surface area (Å²) in [5, 5.41) is 11.0. The summed E-state index contributed by atoms with van der Waals surface area (Å²) >= 11 is 17.6. The zero-order chi connectivity index (χ0) is 11.7. The minimum absolute atomic E-state index is 0.0440. The average Bonchev–Trinajstić information content (AvgIpc) is 2.26. The highest BCUT2D eigenvalue weighted by Crippen LogP contribution is 2.37. The summed E-state index contributed by atoms with van der Waals surface area (Å²) < 4.78 is 0. The van der Waals surface area contributed by atoms with E-state index in [1.807, 2.05) is 0 Å². The number of hydrogen-bond acceptors (Lipinski definition) is 1. The van der Waals surface area contributed by atoms with Crippen molar-refractivity contribution in [3.63, 3.8) is 0 Å². The summed E-state index contributed by atoms with van der Waals surface area (Å²) in [5.74, 6) is 0.0440. The van der Waals surface area contributed by atoms with Gasteiger partial charge in [-0.2, -0.15) is 0 Å². The number of halogens is 3. The van der Waals surface area contributed by atoms with Gasteiger partial charge in [0.1, 0.15) is 5.75 Å². The monoisotopic (exact) mass is 272 g/mol. The number of benzene rings is 2. The third kappa shape index (κ3) is 2.12. The molecule has 0 bridgehead atoms. The molecule has 4 heteroatoms. The van der Waals surface area contributed by atoms with Crippen LogP contribution in [0.3, 0.4) is 0 Å². The maximum Gasteiger partial charge on any atom is 0.141 e. The fourth-order valence-corrected chi connectivity index (χ4v) is 1.88. The van der Waals surface area contributed by atoms with Gasteiger partial charge in [-0.05, 0) is 23.8 Å². The van der Waals surface area contributed by atoms with Crippen molar-refractivity contribution in [3.05, 3.63) is 51.5 Å². The fourth-order valence-electron chi connectivity index (χ4n) is 1.41.